The number of anilines is 2. The number of hydrogen-bond donors (Lipinski definition) is 2. The third-order valence-electron chi connectivity index (χ3n) is 3.76. The molecule has 1 heterocycles. The van der Waals surface area contributed by atoms with Crippen LogP contribution in [-0.4, -0.2) is 23.5 Å². The highest BCUT2D eigenvalue weighted by atomic mass is 32.1. The van der Waals surface area contributed by atoms with Crippen molar-refractivity contribution in [1.29, 1.82) is 0 Å². The lowest BCUT2D eigenvalue weighted by molar-refractivity contribution is -0.0498. The summed E-state index contributed by atoms with van der Waals surface area (Å²) >= 11 is 1.31. The van der Waals surface area contributed by atoms with E-state index in [0.29, 0.717) is 16.5 Å². The zero-order valence-corrected chi connectivity index (χ0v) is 13.6. The van der Waals surface area contributed by atoms with Gasteiger partial charge in [0, 0.05) is 17.1 Å². The van der Waals surface area contributed by atoms with Gasteiger partial charge in [0.1, 0.15) is 11.4 Å². The fourth-order valence-corrected chi connectivity index (χ4v) is 3.32. The van der Waals surface area contributed by atoms with E-state index in [2.05, 4.69) is 20.4 Å². The van der Waals surface area contributed by atoms with Crippen molar-refractivity contribution >= 4 is 28.1 Å². The molecule has 1 aliphatic rings. The van der Waals surface area contributed by atoms with E-state index >= 15 is 0 Å². The van der Waals surface area contributed by atoms with Gasteiger partial charge in [-0.1, -0.05) is 12.8 Å². The van der Waals surface area contributed by atoms with Crippen molar-refractivity contribution in [2.45, 2.75) is 38.3 Å². The summed E-state index contributed by atoms with van der Waals surface area (Å²) in [5, 5.41) is 8.28. The second-order valence-electron chi connectivity index (χ2n) is 5.52. The number of carbonyl (C=O) groups is 1. The van der Waals surface area contributed by atoms with E-state index in [0.717, 1.165) is 25.7 Å². The first kappa shape index (κ1) is 16.6. The minimum absolute atomic E-state index is 0.0892. The number of nitrogens with zero attached hydrogens (tertiary/aromatic N) is 1. The largest absolute Gasteiger partial charge is 0.435 e. The lowest BCUT2D eigenvalue weighted by Crippen LogP contribution is -2.32. The molecule has 0 bridgehead atoms. The van der Waals surface area contributed by atoms with Crippen LogP contribution in [0, 0.1) is 0 Å². The maximum Gasteiger partial charge on any atom is 0.387 e. The van der Waals surface area contributed by atoms with Gasteiger partial charge in [0.25, 0.3) is 5.91 Å². The zero-order chi connectivity index (χ0) is 16.9. The summed E-state index contributed by atoms with van der Waals surface area (Å²) in [6.45, 7) is -2.84. The molecule has 5 nitrogen and oxygen atoms in total. The maximum atomic E-state index is 12.1. The Morgan fingerprint density at radius 2 is 1.96 bits per heavy atom. The first-order chi connectivity index (χ1) is 11.6. The highest BCUT2D eigenvalue weighted by Crippen LogP contribution is 2.24. The maximum absolute atomic E-state index is 12.1. The van der Waals surface area contributed by atoms with Crippen molar-refractivity contribution in [3.8, 4) is 5.75 Å². The van der Waals surface area contributed by atoms with Crippen LogP contribution < -0.4 is 15.4 Å². The van der Waals surface area contributed by atoms with E-state index in [1.54, 1.807) is 17.5 Å². The Morgan fingerprint density at radius 1 is 1.25 bits per heavy atom. The number of hydrogen-bond acceptors (Lipinski definition) is 5. The molecule has 0 spiro atoms. The van der Waals surface area contributed by atoms with Gasteiger partial charge in [-0.3, -0.25) is 4.79 Å². The average molecular weight is 353 g/mol. The molecule has 1 aliphatic carbocycles. The van der Waals surface area contributed by atoms with E-state index in [1.807, 2.05) is 0 Å². The smallest absolute Gasteiger partial charge is 0.387 e. The van der Waals surface area contributed by atoms with Crippen LogP contribution in [0.5, 0.6) is 5.75 Å². The second kappa shape index (κ2) is 7.57. The Bertz CT molecular complexity index is 685. The average Bonchev–Trinajstić information content (AvgIpc) is 3.20. The van der Waals surface area contributed by atoms with Crippen LogP contribution in [0.15, 0.2) is 29.6 Å². The van der Waals surface area contributed by atoms with Gasteiger partial charge in [-0.25, -0.2) is 4.98 Å². The SMILES string of the molecule is O=C(NC1CCCC1)c1csc(Nc2ccc(OC(F)F)cc2)n1. The van der Waals surface area contributed by atoms with Crippen LogP contribution in [0.25, 0.3) is 0 Å². The zero-order valence-electron chi connectivity index (χ0n) is 12.8. The van der Waals surface area contributed by atoms with Crippen LogP contribution >= 0.6 is 11.3 Å². The molecule has 1 aromatic carbocycles. The molecule has 24 heavy (non-hydrogen) atoms. The summed E-state index contributed by atoms with van der Waals surface area (Å²) in [4.78, 5) is 16.4. The molecular weight excluding hydrogens is 336 g/mol. The molecule has 0 unspecified atom stereocenters. The van der Waals surface area contributed by atoms with Crippen molar-refractivity contribution in [2.24, 2.45) is 0 Å². The van der Waals surface area contributed by atoms with Crippen LogP contribution in [0.4, 0.5) is 19.6 Å². The van der Waals surface area contributed by atoms with Crippen molar-refractivity contribution in [3.63, 3.8) is 0 Å². The summed E-state index contributed by atoms with van der Waals surface area (Å²) in [6, 6.07) is 6.35. The Balaban J connectivity index is 1.58. The normalized spacial score (nSPS) is 14.8. The fourth-order valence-electron chi connectivity index (χ4n) is 2.61. The predicted molar refractivity (Wildman–Crippen MR) is 88.2 cm³/mol. The number of halogens is 2. The highest BCUT2D eigenvalue weighted by Gasteiger charge is 2.19. The van der Waals surface area contributed by atoms with E-state index in [4.69, 9.17) is 0 Å². The summed E-state index contributed by atoms with van der Waals surface area (Å²) in [5.41, 5.74) is 1.06. The molecule has 1 fully saturated rings. The lowest BCUT2D eigenvalue weighted by Gasteiger charge is -2.10. The van der Waals surface area contributed by atoms with Gasteiger partial charge in [-0.15, -0.1) is 11.3 Å². The van der Waals surface area contributed by atoms with E-state index < -0.39 is 6.61 Å². The number of nitrogens with one attached hydrogen (secondary N) is 2. The standard InChI is InChI=1S/C16H17F2N3O2S/c17-15(18)23-12-7-5-11(6-8-12)20-16-21-13(9-24-16)14(22)19-10-3-1-2-4-10/h5-10,15H,1-4H2,(H,19,22)(H,20,21). The van der Waals surface area contributed by atoms with Crippen molar-refractivity contribution < 1.29 is 18.3 Å². The third-order valence-corrected chi connectivity index (χ3v) is 4.52. The molecule has 2 N–H and O–H groups in total. The second-order valence-corrected chi connectivity index (χ2v) is 6.38. The summed E-state index contributed by atoms with van der Waals surface area (Å²) in [6.07, 6.45) is 4.35. The number of benzene rings is 1. The number of rotatable bonds is 6. The summed E-state index contributed by atoms with van der Waals surface area (Å²) < 4.78 is 28.5. The molecular formula is C16H17F2N3O2S. The van der Waals surface area contributed by atoms with Gasteiger partial charge < -0.3 is 15.4 Å². The van der Waals surface area contributed by atoms with Gasteiger partial charge >= 0.3 is 6.61 Å². The fraction of sp³-hybridized carbons (Fsp3) is 0.375. The molecule has 1 saturated carbocycles. The Morgan fingerprint density at radius 3 is 2.62 bits per heavy atom. The van der Waals surface area contributed by atoms with Gasteiger partial charge in [0.15, 0.2) is 5.13 Å². The van der Waals surface area contributed by atoms with E-state index in [9.17, 15) is 13.6 Å². The van der Waals surface area contributed by atoms with Gasteiger partial charge in [0.2, 0.25) is 0 Å². The monoisotopic (exact) mass is 353 g/mol. The van der Waals surface area contributed by atoms with Crippen LogP contribution in [0.1, 0.15) is 36.2 Å². The van der Waals surface area contributed by atoms with Crippen LogP contribution in [0.3, 0.4) is 0 Å². The number of ether oxygens (including phenoxy) is 1. The quantitative estimate of drug-likeness (QED) is 0.818. The molecule has 1 amide bonds. The van der Waals surface area contributed by atoms with Crippen LogP contribution in [-0.2, 0) is 0 Å². The molecule has 2 aromatic rings. The van der Waals surface area contributed by atoms with Crippen molar-refractivity contribution in [2.75, 3.05) is 5.32 Å². The molecule has 0 saturated heterocycles. The van der Waals surface area contributed by atoms with E-state index in [1.165, 1.54) is 23.5 Å². The Kier molecular flexibility index (Phi) is 5.24. The first-order valence-corrected chi connectivity index (χ1v) is 8.56. The van der Waals surface area contributed by atoms with Gasteiger partial charge in [0.05, 0.1) is 0 Å². The third kappa shape index (κ3) is 4.41. The van der Waals surface area contributed by atoms with E-state index in [-0.39, 0.29) is 17.7 Å². The Hall–Kier alpha value is -2.22. The molecule has 128 valence electrons. The highest BCUT2D eigenvalue weighted by molar-refractivity contribution is 7.14. The van der Waals surface area contributed by atoms with Crippen LogP contribution in [0.2, 0.25) is 0 Å². The number of thiazole rings is 1. The number of amides is 1. The number of carbonyl (C=O) groups excluding carboxylic acids is 1. The lowest BCUT2D eigenvalue weighted by atomic mass is 10.2. The minimum atomic E-state index is -2.84. The van der Waals surface area contributed by atoms with Gasteiger partial charge in [-0.2, -0.15) is 8.78 Å². The molecule has 0 atom stereocenters. The molecule has 0 radical (unpaired) electrons. The Labute approximate surface area is 142 Å². The number of alkyl halides is 2. The topological polar surface area (TPSA) is 63.2 Å². The summed E-state index contributed by atoms with van der Waals surface area (Å²) in [5.74, 6) is -0.0711. The number of aromatic nitrogens is 1. The molecule has 1 aromatic heterocycles. The summed E-state index contributed by atoms with van der Waals surface area (Å²) in [7, 11) is 0. The van der Waals surface area contributed by atoms with Crippen molar-refractivity contribution in [1.82, 2.24) is 10.3 Å². The van der Waals surface area contributed by atoms with Gasteiger partial charge in [-0.05, 0) is 37.1 Å². The molecule has 8 heteroatoms. The minimum Gasteiger partial charge on any atom is -0.435 e. The first-order valence-electron chi connectivity index (χ1n) is 7.68. The molecule has 3 rings (SSSR count). The predicted octanol–water partition coefficient (Wildman–Crippen LogP) is 4.16. The molecule has 0 aliphatic heterocycles. The van der Waals surface area contributed by atoms with Crippen molar-refractivity contribution in [3.05, 3.63) is 35.3 Å².